The number of ketones is 1. The van der Waals surface area contributed by atoms with Crippen molar-refractivity contribution in [3.05, 3.63) is 77.9 Å². The molecule has 0 aliphatic carbocycles. The Balaban J connectivity index is 1.49. The molecule has 6 nitrogen and oxygen atoms in total. The average Bonchev–Trinajstić information content (AvgIpc) is 3.56. The molecule has 0 atom stereocenters. The summed E-state index contributed by atoms with van der Waals surface area (Å²) in [5.74, 6) is 0.0647. The smallest absolute Gasteiger partial charge is 0.169 e. The van der Waals surface area contributed by atoms with Gasteiger partial charge in [0, 0.05) is 34.2 Å². The zero-order chi connectivity index (χ0) is 21.7. The van der Waals surface area contributed by atoms with Crippen LogP contribution in [0.2, 0.25) is 0 Å². The maximum atomic E-state index is 11.7. The number of thiophene rings is 1. The second-order valence-electron chi connectivity index (χ2n) is 7.57. The number of fused-ring (bicyclic) bond motifs is 2. The number of nitrogens with one attached hydrogen (secondary N) is 2. The molecule has 0 radical (unpaired) electrons. The molecule has 0 bridgehead atoms. The van der Waals surface area contributed by atoms with Gasteiger partial charge in [-0.3, -0.25) is 19.9 Å². The van der Waals surface area contributed by atoms with E-state index in [0.717, 1.165) is 59.9 Å². The quantitative estimate of drug-likeness (QED) is 0.328. The van der Waals surface area contributed by atoms with Crippen molar-refractivity contribution in [2.45, 2.75) is 6.92 Å². The van der Waals surface area contributed by atoms with Crippen molar-refractivity contribution in [1.29, 1.82) is 0 Å². The van der Waals surface area contributed by atoms with E-state index in [1.807, 2.05) is 48.5 Å². The topological polar surface area (TPSA) is 87.3 Å². The van der Waals surface area contributed by atoms with Gasteiger partial charge >= 0.3 is 0 Å². The summed E-state index contributed by atoms with van der Waals surface area (Å²) >= 11 is 1.46. The number of rotatable bonds is 4. The summed E-state index contributed by atoms with van der Waals surface area (Å²) in [5.41, 5.74) is 6.49. The molecule has 0 aliphatic heterocycles. The van der Waals surface area contributed by atoms with Gasteiger partial charge in [0.05, 0.1) is 32.4 Å². The summed E-state index contributed by atoms with van der Waals surface area (Å²) in [6, 6.07) is 19.9. The largest absolute Gasteiger partial charge is 0.353 e. The van der Waals surface area contributed by atoms with Crippen LogP contribution in [0.3, 0.4) is 0 Å². The molecule has 6 rings (SSSR count). The van der Waals surface area contributed by atoms with Gasteiger partial charge in [0.1, 0.15) is 5.69 Å². The first-order chi connectivity index (χ1) is 15.7. The van der Waals surface area contributed by atoms with Gasteiger partial charge in [-0.05, 0) is 55.5 Å². The normalized spacial score (nSPS) is 11.4. The maximum Gasteiger partial charge on any atom is 0.169 e. The molecule has 6 aromatic rings. The number of hydrogen-bond donors (Lipinski definition) is 2. The van der Waals surface area contributed by atoms with Crippen LogP contribution in [0.5, 0.6) is 0 Å². The van der Waals surface area contributed by atoms with E-state index in [9.17, 15) is 4.79 Å². The Morgan fingerprint density at radius 2 is 1.78 bits per heavy atom. The van der Waals surface area contributed by atoms with Crippen LogP contribution in [-0.2, 0) is 0 Å². The van der Waals surface area contributed by atoms with E-state index in [0.29, 0.717) is 0 Å². The van der Waals surface area contributed by atoms with E-state index in [1.165, 1.54) is 11.3 Å². The van der Waals surface area contributed by atoms with Crippen LogP contribution in [0.15, 0.2) is 73.1 Å². The van der Waals surface area contributed by atoms with E-state index >= 15 is 0 Å². The van der Waals surface area contributed by atoms with E-state index in [4.69, 9.17) is 0 Å². The molecule has 7 heteroatoms. The van der Waals surface area contributed by atoms with Crippen LogP contribution in [0.1, 0.15) is 16.6 Å². The second kappa shape index (κ2) is 7.25. The van der Waals surface area contributed by atoms with Crippen molar-refractivity contribution >= 4 is 38.9 Å². The molecule has 0 unspecified atom stereocenters. The minimum atomic E-state index is 0.0647. The highest BCUT2D eigenvalue weighted by Gasteiger charge is 2.16. The molecule has 1 aromatic carbocycles. The molecule has 0 saturated carbocycles. The molecule has 0 spiro atoms. The lowest BCUT2D eigenvalue weighted by molar-refractivity contribution is 0.102. The van der Waals surface area contributed by atoms with Crippen LogP contribution in [0.4, 0.5) is 0 Å². The van der Waals surface area contributed by atoms with Gasteiger partial charge in [-0.25, -0.2) is 0 Å². The Labute approximate surface area is 187 Å². The third-order valence-electron chi connectivity index (χ3n) is 5.51. The summed E-state index contributed by atoms with van der Waals surface area (Å²) in [7, 11) is 0. The summed E-state index contributed by atoms with van der Waals surface area (Å²) < 4.78 is 0. The Bertz CT molecular complexity index is 1610. The molecule has 0 fully saturated rings. The number of pyridine rings is 2. The van der Waals surface area contributed by atoms with E-state index in [-0.39, 0.29) is 5.78 Å². The number of nitrogens with zero attached hydrogens (tertiary/aromatic N) is 3. The number of Topliss-reactive ketones (excluding diaryl/α,β-unsaturated/α-hetero) is 1. The lowest BCUT2D eigenvalue weighted by Gasteiger charge is -2.01. The van der Waals surface area contributed by atoms with Crippen molar-refractivity contribution in [2.24, 2.45) is 0 Å². The predicted molar refractivity (Wildman–Crippen MR) is 128 cm³/mol. The summed E-state index contributed by atoms with van der Waals surface area (Å²) in [5, 5.41) is 9.73. The molecule has 5 heterocycles. The third kappa shape index (κ3) is 3.02. The zero-order valence-electron chi connectivity index (χ0n) is 17.1. The van der Waals surface area contributed by atoms with Gasteiger partial charge in [0.25, 0.3) is 0 Å². The molecular formula is C25H17N5OS. The van der Waals surface area contributed by atoms with Crippen LogP contribution in [0.25, 0.3) is 55.0 Å². The lowest BCUT2D eigenvalue weighted by atomic mass is 10.1. The average molecular weight is 436 g/mol. The fourth-order valence-corrected chi connectivity index (χ4v) is 4.86. The van der Waals surface area contributed by atoms with Crippen LogP contribution < -0.4 is 0 Å². The van der Waals surface area contributed by atoms with Crippen molar-refractivity contribution in [1.82, 2.24) is 25.1 Å². The Morgan fingerprint density at radius 1 is 0.875 bits per heavy atom. The van der Waals surface area contributed by atoms with Crippen LogP contribution >= 0.6 is 11.3 Å². The fourth-order valence-electron chi connectivity index (χ4n) is 3.94. The number of carbonyl (C=O) groups is 1. The highest BCUT2D eigenvalue weighted by molar-refractivity contribution is 7.17. The monoisotopic (exact) mass is 435 g/mol. The number of aromatic amines is 2. The van der Waals surface area contributed by atoms with Gasteiger partial charge in [0.15, 0.2) is 5.78 Å². The van der Waals surface area contributed by atoms with Gasteiger partial charge in [0.2, 0.25) is 0 Å². The third-order valence-corrected chi connectivity index (χ3v) is 6.71. The second-order valence-corrected chi connectivity index (χ2v) is 8.66. The Hall–Kier alpha value is -4.10. The Morgan fingerprint density at radius 3 is 2.59 bits per heavy atom. The standard InChI is InChI=1S/C25H17N5OS/c1-14(31)22-7-8-23(32-22)25-17-13-21(28-19(17)9-11-27-25)24-16-12-15(5-6-20(16)29-30-24)18-4-2-3-10-26-18/h2-13,28H,1H3,(H,29,30). The van der Waals surface area contributed by atoms with Gasteiger partial charge < -0.3 is 4.98 Å². The fraction of sp³-hybridized carbons (Fsp3) is 0.0400. The molecule has 0 saturated heterocycles. The first-order valence-corrected chi connectivity index (χ1v) is 11.0. The van der Waals surface area contributed by atoms with Gasteiger partial charge in [-0.15, -0.1) is 11.3 Å². The number of carbonyl (C=O) groups excluding carboxylic acids is 1. The Kier molecular flexibility index (Phi) is 4.22. The summed E-state index contributed by atoms with van der Waals surface area (Å²) in [6.45, 7) is 1.58. The molecule has 2 N–H and O–H groups in total. The van der Waals surface area contributed by atoms with Crippen molar-refractivity contribution in [2.75, 3.05) is 0 Å². The highest BCUT2D eigenvalue weighted by Crippen LogP contribution is 2.36. The van der Waals surface area contributed by atoms with Gasteiger partial charge in [-0.1, -0.05) is 12.1 Å². The predicted octanol–water partition coefficient (Wildman–Crippen LogP) is 6.10. The first kappa shape index (κ1) is 18.7. The summed E-state index contributed by atoms with van der Waals surface area (Å²) in [4.78, 5) is 26.0. The molecule has 0 amide bonds. The van der Waals surface area contributed by atoms with E-state index < -0.39 is 0 Å². The maximum absolute atomic E-state index is 11.7. The molecule has 32 heavy (non-hydrogen) atoms. The molecule has 5 aromatic heterocycles. The number of benzene rings is 1. The molecular weight excluding hydrogens is 418 g/mol. The van der Waals surface area contributed by atoms with Crippen molar-refractivity contribution in [3.63, 3.8) is 0 Å². The molecule has 154 valence electrons. The van der Waals surface area contributed by atoms with E-state index in [2.05, 4.69) is 37.3 Å². The zero-order valence-corrected chi connectivity index (χ0v) is 17.9. The number of H-pyrrole nitrogens is 2. The van der Waals surface area contributed by atoms with Crippen molar-refractivity contribution < 1.29 is 4.79 Å². The van der Waals surface area contributed by atoms with Gasteiger partial charge in [-0.2, -0.15) is 5.10 Å². The molecule has 0 aliphatic rings. The number of hydrogen-bond acceptors (Lipinski definition) is 5. The van der Waals surface area contributed by atoms with Crippen LogP contribution in [-0.4, -0.2) is 30.9 Å². The van der Waals surface area contributed by atoms with E-state index in [1.54, 1.807) is 19.3 Å². The highest BCUT2D eigenvalue weighted by atomic mass is 32.1. The lowest BCUT2D eigenvalue weighted by Crippen LogP contribution is -1.83. The first-order valence-electron chi connectivity index (χ1n) is 10.2. The summed E-state index contributed by atoms with van der Waals surface area (Å²) in [6.07, 6.45) is 3.58. The SMILES string of the molecule is CC(=O)c1ccc(-c2nccc3[nH]c(-c4n[nH]c5ccc(-c6ccccn6)cc45)cc23)s1. The van der Waals surface area contributed by atoms with Crippen LogP contribution in [0, 0.1) is 0 Å². The number of aromatic nitrogens is 5. The van der Waals surface area contributed by atoms with Crippen molar-refractivity contribution in [3.8, 4) is 33.2 Å². The minimum Gasteiger partial charge on any atom is -0.353 e. The minimum absolute atomic E-state index is 0.0647.